The zero-order chi connectivity index (χ0) is 18.5. The molecule has 1 fully saturated rings. The maximum atomic E-state index is 12.2. The molecule has 1 N–H and O–H groups in total. The van der Waals surface area contributed by atoms with Gasteiger partial charge in [-0.15, -0.1) is 0 Å². The molecule has 3 rings (SSSR count). The van der Waals surface area contributed by atoms with Crippen LogP contribution >= 0.6 is 34.8 Å². The Hall–Kier alpha value is -1.30. The van der Waals surface area contributed by atoms with Crippen LogP contribution in [0.15, 0.2) is 42.5 Å². The second-order valence-corrected chi connectivity index (χ2v) is 7.61. The van der Waals surface area contributed by atoms with E-state index in [1.54, 1.807) is 18.2 Å². The number of nitrogens with zero attached hydrogens (tertiary/aromatic N) is 2. The van der Waals surface area contributed by atoms with Crippen molar-refractivity contribution >= 4 is 46.4 Å². The van der Waals surface area contributed by atoms with Crippen molar-refractivity contribution in [3.05, 3.63) is 63.1 Å². The van der Waals surface area contributed by atoms with E-state index < -0.39 is 0 Å². The number of amides is 1. The highest BCUT2D eigenvalue weighted by molar-refractivity contribution is 6.42. The average molecular weight is 413 g/mol. The van der Waals surface area contributed by atoms with Crippen molar-refractivity contribution in [3.8, 4) is 0 Å². The topological polar surface area (TPSA) is 35.6 Å². The van der Waals surface area contributed by atoms with Crippen molar-refractivity contribution in [2.24, 2.45) is 0 Å². The molecule has 0 aromatic heterocycles. The van der Waals surface area contributed by atoms with E-state index in [1.165, 1.54) is 5.56 Å². The number of benzene rings is 2. The third-order valence-electron chi connectivity index (χ3n) is 4.35. The summed E-state index contributed by atoms with van der Waals surface area (Å²) in [5.41, 5.74) is 1.91. The van der Waals surface area contributed by atoms with Gasteiger partial charge in [-0.1, -0.05) is 46.9 Å². The van der Waals surface area contributed by atoms with Gasteiger partial charge >= 0.3 is 0 Å². The van der Waals surface area contributed by atoms with E-state index in [1.807, 2.05) is 12.1 Å². The molecule has 1 aliphatic heterocycles. The van der Waals surface area contributed by atoms with Gasteiger partial charge in [0.2, 0.25) is 5.91 Å². The van der Waals surface area contributed by atoms with E-state index in [-0.39, 0.29) is 5.91 Å². The van der Waals surface area contributed by atoms with E-state index in [9.17, 15) is 4.79 Å². The van der Waals surface area contributed by atoms with E-state index >= 15 is 0 Å². The third kappa shape index (κ3) is 5.60. The summed E-state index contributed by atoms with van der Waals surface area (Å²) in [7, 11) is 0. The fourth-order valence-corrected chi connectivity index (χ4v) is 3.36. The summed E-state index contributed by atoms with van der Waals surface area (Å²) in [6, 6.07) is 13.0. The molecule has 0 aliphatic carbocycles. The van der Waals surface area contributed by atoms with Crippen LogP contribution in [0.25, 0.3) is 0 Å². The van der Waals surface area contributed by atoms with Gasteiger partial charge in [-0.2, -0.15) is 0 Å². The van der Waals surface area contributed by atoms with Crippen molar-refractivity contribution in [1.29, 1.82) is 0 Å². The summed E-state index contributed by atoms with van der Waals surface area (Å²) in [5.74, 6) is -0.0467. The molecule has 1 aliphatic rings. The number of carbonyl (C=O) groups is 1. The van der Waals surface area contributed by atoms with Crippen molar-refractivity contribution in [1.82, 2.24) is 9.80 Å². The fraction of sp³-hybridized carbons (Fsp3) is 0.316. The van der Waals surface area contributed by atoms with Crippen LogP contribution in [-0.2, 0) is 11.3 Å². The lowest BCUT2D eigenvalue weighted by Crippen LogP contribution is -2.48. The van der Waals surface area contributed by atoms with Crippen LogP contribution < -0.4 is 5.32 Å². The van der Waals surface area contributed by atoms with Crippen LogP contribution in [0.5, 0.6) is 0 Å². The van der Waals surface area contributed by atoms with Crippen LogP contribution in [0.1, 0.15) is 5.56 Å². The molecule has 2 aromatic carbocycles. The summed E-state index contributed by atoms with van der Waals surface area (Å²) in [6.07, 6.45) is 0. The number of halogens is 3. The van der Waals surface area contributed by atoms with Crippen LogP contribution in [0.3, 0.4) is 0 Å². The maximum absolute atomic E-state index is 12.2. The van der Waals surface area contributed by atoms with Gasteiger partial charge in [-0.05, 0) is 35.9 Å². The maximum Gasteiger partial charge on any atom is 0.238 e. The summed E-state index contributed by atoms with van der Waals surface area (Å²) in [5, 5.41) is 4.52. The number of piperazine rings is 1. The highest BCUT2D eigenvalue weighted by Crippen LogP contribution is 2.25. The third-order valence-corrected chi connectivity index (χ3v) is 5.35. The molecule has 0 spiro atoms. The van der Waals surface area contributed by atoms with Crippen LogP contribution in [0.4, 0.5) is 5.69 Å². The Morgan fingerprint density at radius 3 is 2.19 bits per heavy atom. The summed E-state index contributed by atoms with van der Waals surface area (Å²) in [4.78, 5) is 16.8. The first-order valence-electron chi connectivity index (χ1n) is 8.43. The van der Waals surface area contributed by atoms with Gasteiger partial charge in [0.1, 0.15) is 0 Å². The predicted molar refractivity (Wildman–Crippen MR) is 108 cm³/mol. The molecule has 1 heterocycles. The highest BCUT2D eigenvalue weighted by Gasteiger charge is 2.19. The van der Waals surface area contributed by atoms with Crippen LogP contribution in [0, 0.1) is 0 Å². The lowest BCUT2D eigenvalue weighted by atomic mass is 10.2. The second-order valence-electron chi connectivity index (χ2n) is 6.36. The Balaban J connectivity index is 1.43. The standard InChI is InChI=1S/C19H20Cl3N3O/c20-15-3-1-14(2-4-15)12-24-7-9-25(10-8-24)13-19(26)23-16-5-6-17(21)18(22)11-16/h1-6,11H,7-10,12-13H2,(H,23,26). The average Bonchev–Trinajstić information content (AvgIpc) is 2.62. The first kappa shape index (κ1) is 19.5. The summed E-state index contributed by atoms with van der Waals surface area (Å²) >= 11 is 17.8. The highest BCUT2D eigenvalue weighted by atomic mass is 35.5. The number of nitrogens with one attached hydrogen (secondary N) is 1. The van der Waals surface area contributed by atoms with Gasteiger partial charge in [0, 0.05) is 43.4 Å². The van der Waals surface area contributed by atoms with E-state index in [0.29, 0.717) is 22.3 Å². The lowest BCUT2D eigenvalue weighted by Gasteiger charge is -2.34. The first-order chi connectivity index (χ1) is 12.5. The first-order valence-corrected chi connectivity index (χ1v) is 9.57. The van der Waals surface area contributed by atoms with Gasteiger partial charge in [0.05, 0.1) is 16.6 Å². The van der Waals surface area contributed by atoms with Crippen molar-refractivity contribution in [2.75, 3.05) is 38.0 Å². The molecule has 1 amide bonds. The van der Waals surface area contributed by atoms with Gasteiger partial charge in [-0.25, -0.2) is 0 Å². The van der Waals surface area contributed by atoms with Gasteiger partial charge in [0.25, 0.3) is 0 Å². The Bertz CT molecular complexity index is 759. The molecular formula is C19H20Cl3N3O. The van der Waals surface area contributed by atoms with E-state index in [0.717, 1.165) is 37.7 Å². The quantitative estimate of drug-likeness (QED) is 0.790. The Kier molecular flexibility index (Phi) is 6.79. The van der Waals surface area contributed by atoms with Crippen molar-refractivity contribution in [3.63, 3.8) is 0 Å². The van der Waals surface area contributed by atoms with Crippen molar-refractivity contribution < 1.29 is 4.79 Å². The molecule has 138 valence electrons. The van der Waals surface area contributed by atoms with Crippen LogP contribution in [0.2, 0.25) is 15.1 Å². The van der Waals surface area contributed by atoms with E-state index in [4.69, 9.17) is 34.8 Å². The number of rotatable bonds is 5. The monoisotopic (exact) mass is 411 g/mol. The molecule has 0 atom stereocenters. The van der Waals surface area contributed by atoms with Gasteiger partial charge < -0.3 is 5.32 Å². The van der Waals surface area contributed by atoms with E-state index in [2.05, 4.69) is 27.2 Å². The molecule has 7 heteroatoms. The number of hydrogen-bond donors (Lipinski definition) is 1. The zero-order valence-electron chi connectivity index (χ0n) is 14.2. The SMILES string of the molecule is O=C(CN1CCN(Cc2ccc(Cl)cc2)CC1)Nc1ccc(Cl)c(Cl)c1. The largest absolute Gasteiger partial charge is 0.325 e. The smallest absolute Gasteiger partial charge is 0.238 e. The fourth-order valence-electron chi connectivity index (χ4n) is 2.93. The predicted octanol–water partition coefficient (Wildman–Crippen LogP) is 4.40. The lowest BCUT2D eigenvalue weighted by molar-refractivity contribution is -0.117. The number of carbonyl (C=O) groups excluding carboxylic acids is 1. The molecule has 0 bridgehead atoms. The minimum absolute atomic E-state index is 0.0467. The molecule has 26 heavy (non-hydrogen) atoms. The van der Waals surface area contributed by atoms with Gasteiger partial charge in [-0.3, -0.25) is 14.6 Å². The Morgan fingerprint density at radius 2 is 1.54 bits per heavy atom. The minimum Gasteiger partial charge on any atom is -0.325 e. The molecule has 0 unspecified atom stereocenters. The molecular weight excluding hydrogens is 393 g/mol. The van der Waals surface area contributed by atoms with Gasteiger partial charge in [0.15, 0.2) is 0 Å². The number of hydrogen-bond acceptors (Lipinski definition) is 3. The van der Waals surface area contributed by atoms with Crippen molar-refractivity contribution in [2.45, 2.75) is 6.54 Å². The summed E-state index contributed by atoms with van der Waals surface area (Å²) in [6.45, 7) is 4.87. The molecule has 0 saturated carbocycles. The second kappa shape index (κ2) is 9.07. The Morgan fingerprint density at radius 1 is 0.885 bits per heavy atom. The summed E-state index contributed by atoms with van der Waals surface area (Å²) < 4.78 is 0. The minimum atomic E-state index is -0.0467. The Labute approximate surface area is 168 Å². The molecule has 1 saturated heterocycles. The molecule has 2 aromatic rings. The normalized spacial score (nSPS) is 15.8. The number of anilines is 1. The molecule has 4 nitrogen and oxygen atoms in total. The molecule has 0 radical (unpaired) electrons. The zero-order valence-corrected chi connectivity index (χ0v) is 16.5. The van der Waals surface area contributed by atoms with Crippen LogP contribution in [-0.4, -0.2) is 48.4 Å².